The first kappa shape index (κ1) is 25.4. The van der Waals surface area contributed by atoms with Crippen molar-refractivity contribution in [3.05, 3.63) is 70.3 Å². The Morgan fingerprint density at radius 3 is 2.19 bits per heavy atom. The zero-order valence-electron chi connectivity index (χ0n) is 17.3. The van der Waals surface area contributed by atoms with Gasteiger partial charge in [0.05, 0.1) is 15.9 Å². The van der Waals surface area contributed by atoms with Crippen LogP contribution in [0.15, 0.2) is 59.5 Å². The third kappa shape index (κ3) is 7.07. The number of hydrogen-bond acceptors (Lipinski definition) is 10. The van der Waals surface area contributed by atoms with Crippen molar-refractivity contribution >= 4 is 21.8 Å². The molecule has 1 N–H and O–H groups in total. The number of esters is 1. The summed E-state index contributed by atoms with van der Waals surface area (Å²) in [6, 6.07) is 12.5. The van der Waals surface area contributed by atoms with Gasteiger partial charge >= 0.3 is 5.97 Å². The van der Waals surface area contributed by atoms with Gasteiger partial charge in [0.1, 0.15) is 6.61 Å². The number of ether oxygens (including phenoxy) is 3. The molecule has 0 saturated carbocycles. The molecule has 2 atom stereocenters. The van der Waals surface area contributed by atoms with E-state index in [9.17, 15) is 28.4 Å². The third-order valence-electron chi connectivity index (χ3n) is 4.33. The Morgan fingerprint density at radius 2 is 1.66 bits per heavy atom. The first-order valence-electron chi connectivity index (χ1n) is 9.30. The molecule has 12 heteroatoms. The molecule has 32 heavy (non-hydrogen) atoms. The maximum Gasteiger partial charge on any atom is 0.339 e. The van der Waals surface area contributed by atoms with Crippen LogP contribution in [0.25, 0.3) is 0 Å². The quantitative estimate of drug-likeness (QED) is 0.160. The largest absolute Gasteiger partial charge is 0.459 e. The van der Waals surface area contributed by atoms with Crippen LogP contribution >= 0.6 is 0 Å². The average molecular weight is 469 g/mol. The molecule has 174 valence electrons. The topological polar surface area (TPSA) is 151 Å². The van der Waals surface area contributed by atoms with Crippen molar-refractivity contribution < 1.29 is 41.6 Å². The molecular weight excluding hydrogens is 446 g/mol. The summed E-state index contributed by atoms with van der Waals surface area (Å²) >= 11 is 0. The number of aliphatic hydroxyl groups is 1. The van der Waals surface area contributed by atoms with E-state index >= 15 is 0 Å². The van der Waals surface area contributed by atoms with E-state index in [-0.39, 0.29) is 18.7 Å². The molecule has 0 aliphatic rings. The lowest BCUT2D eigenvalue weighted by Gasteiger charge is -2.24. The van der Waals surface area contributed by atoms with Gasteiger partial charge in [-0.25, -0.2) is 8.98 Å². The number of carbonyl (C=O) groups excluding carboxylic acids is 1. The third-order valence-corrected chi connectivity index (χ3v) is 5.64. The van der Waals surface area contributed by atoms with E-state index in [1.807, 2.05) is 0 Å². The van der Waals surface area contributed by atoms with Crippen molar-refractivity contribution in [1.82, 2.24) is 0 Å². The maximum absolute atomic E-state index is 12.7. The van der Waals surface area contributed by atoms with E-state index in [0.29, 0.717) is 5.56 Å². The highest BCUT2D eigenvalue weighted by Crippen LogP contribution is 2.22. The summed E-state index contributed by atoms with van der Waals surface area (Å²) in [6.07, 6.45) is -4.85. The molecule has 0 aromatic heterocycles. The zero-order valence-corrected chi connectivity index (χ0v) is 18.1. The van der Waals surface area contributed by atoms with Gasteiger partial charge in [0.25, 0.3) is 15.8 Å². The van der Waals surface area contributed by atoms with E-state index in [0.717, 1.165) is 24.3 Å². The average Bonchev–Trinajstić information content (AvgIpc) is 2.80. The number of aliphatic hydroxyl groups excluding tert-OH is 1. The second-order valence-corrected chi connectivity index (χ2v) is 8.09. The van der Waals surface area contributed by atoms with Gasteiger partial charge < -0.3 is 19.3 Å². The van der Waals surface area contributed by atoms with Crippen LogP contribution in [0.1, 0.15) is 12.0 Å². The smallest absolute Gasteiger partial charge is 0.339 e. The summed E-state index contributed by atoms with van der Waals surface area (Å²) in [5.41, 5.74) is 0.310. The zero-order chi connectivity index (χ0) is 23.7. The number of methoxy groups -OCH3 is 2. The van der Waals surface area contributed by atoms with E-state index in [4.69, 9.17) is 18.4 Å². The van der Waals surface area contributed by atoms with E-state index in [1.165, 1.54) is 14.2 Å². The molecule has 2 rings (SSSR count). The van der Waals surface area contributed by atoms with Crippen molar-refractivity contribution in [3.8, 4) is 0 Å². The first-order chi connectivity index (χ1) is 15.2. The molecule has 0 aliphatic heterocycles. The van der Waals surface area contributed by atoms with Crippen LogP contribution in [-0.4, -0.2) is 57.1 Å². The van der Waals surface area contributed by atoms with Gasteiger partial charge in [-0.1, -0.05) is 30.3 Å². The number of nitro groups is 1. The fourth-order valence-corrected chi connectivity index (χ4v) is 3.67. The Balaban J connectivity index is 2.23. The molecule has 2 aromatic carbocycles. The Hall–Kier alpha value is -2.90. The van der Waals surface area contributed by atoms with Crippen molar-refractivity contribution in [2.24, 2.45) is 0 Å². The Labute approximate surface area is 184 Å². The number of benzene rings is 2. The van der Waals surface area contributed by atoms with Gasteiger partial charge in [0.15, 0.2) is 6.29 Å². The summed E-state index contributed by atoms with van der Waals surface area (Å²) in [7, 11) is -1.98. The van der Waals surface area contributed by atoms with Gasteiger partial charge in [0, 0.05) is 32.8 Å². The lowest BCUT2D eigenvalue weighted by atomic mass is 10.1. The van der Waals surface area contributed by atoms with Gasteiger partial charge in [0.2, 0.25) is 6.10 Å². The van der Waals surface area contributed by atoms with Crippen LogP contribution in [-0.2, 0) is 39.9 Å². The van der Waals surface area contributed by atoms with Crippen molar-refractivity contribution in [3.63, 3.8) is 0 Å². The fourth-order valence-electron chi connectivity index (χ4n) is 2.61. The lowest BCUT2D eigenvalue weighted by Crippen LogP contribution is -2.41. The normalized spacial score (nSPS) is 13.5. The summed E-state index contributed by atoms with van der Waals surface area (Å²) in [4.78, 5) is 22.3. The molecule has 0 saturated heterocycles. The van der Waals surface area contributed by atoms with E-state index in [1.54, 1.807) is 30.3 Å². The Kier molecular flexibility index (Phi) is 9.23. The lowest BCUT2D eigenvalue weighted by molar-refractivity contribution is -0.384. The fraction of sp³-hybridized carbons (Fsp3) is 0.350. The number of carbonyl (C=O) groups is 1. The predicted molar refractivity (Wildman–Crippen MR) is 110 cm³/mol. The van der Waals surface area contributed by atoms with Crippen LogP contribution in [0.2, 0.25) is 0 Å². The molecule has 11 nitrogen and oxygen atoms in total. The first-order valence-corrected chi connectivity index (χ1v) is 10.7. The standard InChI is InChI=1S/C20H23NO10S/c1-28-18(29-2)12-17(22)19(20(23)30-13-14-6-4-3-5-7-14)31-32(26,27)16-10-8-15(9-11-16)21(24)25/h3-11,17-19,22H,12-13H2,1-2H3/t17-,19+/m1/s1. The highest BCUT2D eigenvalue weighted by molar-refractivity contribution is 7.86. The minimum absolute atomic E-state index is 0.179. The minimum Gasteiger partial charge on any atom is -0.459 e. The van der Waals surface area contributed by atoms with E-state index in [2.05, 4.69) is 0 Å². The van der Waals surface area contributed by atoms with Crippen molar-refractivity contribution in [1.29, 1.82) is 0 Å². The number of hydrogen-bond donors (Lipinski definition) is 1. The Morgan fingerprint density at radius 1 is 1.06 bits per heavy atom. The van der Waals surface area contributed by atoms with E-state index < -0.39 is 44.4 Å². The highest BCUT2D eigenvalue weighted by Gasteiger charge is 2.36. The molecule has 2 aromatic rings. The van der Waals surface area contributed by atoms with Crippen LogP contribution in [0.5, 0.6) is 0 Å². The molecular formula is C20H23NO10S. The molecule has 0 heterocycles. The number of rotatable bonds is 12. The molecule has 0 fully saturated rings. The van der Waals surface area contributed by atoms with Gasteiger partial charge in [-0.05, 0) is 17.7 Å². The SMILES string of the molecule is COC(C[C@@H](O)[C@H](OS(=O)(=O)c1ccc([N+](=O)[O-])cc1)C(=O)OCc1ccccc1)OC. The minimum atomic E-state index is -4.59. The summed E-state index contributed by atoms with van der Waals surface area (Å²) < 4.78 is 45.4. The molecule has 0 spiro atoms. The van der Waals surface area contributed by atoms with Crippen LogP contribution in [0, 0.1) is 10.1 Å². The van der Waals surface area contributed by atoms with Gasteiger partial charge in [-0.15, -0.1) is 0 Å². The summed E-state index contributed by atoms with van der Waals surface area (Å²) in [6.45, 7) is -0.179. The monoisotopic (exact) mass is 469 g/mol. The number of nitro benzene ring substituents is 1. The highest BCUT2D eigenvalue weighted by atomic mass is 32.2. The number of nitrogens with zero attached hydrogens (tertiary/aromatic N) is 1. The molecule has 0 amide bonds. The van der Waals surface area contributed by atoms with Crippen molar-refractivity contribution in [2.75, 3.05) is 14.2 Å². The van der Waals surface area contributed by atoms with Crippen LogP contribution < -0.4 is 0 Å². The second-order valence-electron chi connectivity index (χ2n) is 6.52. The van der Waals surface area contributed by atoms with Gasteiger partial charge in [-0.2, -0.15) is 8.42 Å². The number of non-ortho nitro benzene ring substituents is 1. The predicted octanol–water partition coefficient (Wildman–Crippen LogP) is 1.78. The summed E-state index contributed by atoms with van der Waals surface area (Å²) in [5, 5.41) is 21.3. The Bertz CT molecular complexity index is 991. The molecule has 0 aliphatic carbocycles. The van der Waals surface area contributed by atoms with Crippen LogP contribution in [0.4, 0.5) is 5.69 Å². The molecule has 0 radical (unpaired) electrons. The second kappa shape index (κ2) is 11.6. The summed E-state index contributed by atoms with van der Waals surface area (Å²) in [5.74, 6) is -1.13. The van der Waals surface area contributed by atoms with Crippen molar-refractivity contribution in [2.45, 2.75) is 36.4 Å². The molecule has 0 bridgehead atoms. The van der Waals surface area contributed by atoms with Crippen LogP contribution in [0.3, 0.4) is 0 Å². The van der Waals surface area contributed by atoms with Gasteiger partial charge in [-0.3, -0.25) is 10.1 Å². The molecule has 0 unspecified atom stereocenters. The maximum atomic E-state index is 12.7.